The third kappa shape index (κ3) is 3.63. The average molecular weight is 467 g/mol. The molecule has 0 amide bonds. The fraction of sp³-hybridized carbons (Fsp3) is 0.476. The van der Waals surface area contributed by atoms with Gasteiger partial charge in [0.1, 0.15) is 11.6 Å². The van der Waals surface area contributed by atoms with E-state index in [0.29, 0.717) is 12.6 Å². The maximum atomic E-state index is 9.15. The number of hydrogen-bond donors (Lipinski definition) is 2. The summed E-state index contributed by atoms with van der Waals surface area (Å²) in [7, 11) is 1.68. The number of halogens is 2. The van der Waals surface area contributed by atoms with Gasteiger partial charge in [-0.1, -0.05) is 23.7 Å². The molecule has 1 aliphatic heterocycles. The molecule has 0 saturated heterocycles. The molecular formula is C21H25BrClN3O2. The highest BCUT2D eigenvalue weighted by molar-refractivity contribution is 9.10. The molecule has 1 aromatic heterocycles. The van der Waals surface area contributed by atoms with Crippen LogP contribution in [0.5, 0.6) is 5.75 Å². The summed E-state index contributed by atoms with van der Waals surface area (Å²) >= 11 is 10.3. The molecule has 2 N–H and O–H groups in total. The fourth-order valence-electron chi connectivity index (χ4n) is 4.71. The van der Waals surface area contributed by atoms with Crippen LogP contribution in [0.1, 0.15) is 30.4 Å². The third-order valence-corrected chi connectivity index (χ3v) is 7.18. The van der Waals surface area contributed by atoms with Crippen LogP contribution in [0.4, 0.5) is 5.82 Å². The number of nitrogens with zero attached hydrogens (tertiary/aromatic N) is 2. The zero-order valence-corrected chi connectivity index (χ0v) is 18.3. The summed E-state index contributed by atoms with van der Waals surface area (Å²) in [6.45, 7) is 2.50. The summed E-state index contributed by atoms with van der Waals surface area (Å²) in [6, 6.07) is 8.59. The Morgan fingerprint density at radius 2 is 2.18 bits per heavy atom. The molecule has 0 radical (unpaired) electrons. The summed E-state index contributed by atoms with van der Waals surface area (Å²) < 4.78 is 6.12. The number of aliphatic hydroxyl groups is 1. The smallest absolute Gasteiger partial charge is 0.134 e. The van der Waals surface area contributed by atoms with Crippen LogP contribution in [0.2, 0.25) is 5.02 Å². The summed E-state index contributed by atoms with van der Waals surface area (Å²) in [6.07, 6.45) is 4.97. The van der Waals surface area contributed by atoms with Gasteiger partial charge in [0.15, 0.2) is 0 Å². The molecule has 150 valence electrons. The predicted molar refractivity (Wildman–Crippen MR) is 115 cm³/mol. The van der Waals surface area contributed by atoms with Crippen LogP contribution in [0.25, 0.3) is 0 Å². The summed E-state index contributed by atoms with van der Waals surface area (Å²) in [5.41, 5.74) is 2.39. The molecule has 1 fully saturated rings. The van der Waals surface area contributed by atoms with E-state index in [-0.39, 0.29) is 12.0 Å². The normalized spacial score (nSPS) is 23.4. The number of anilines is 1. The molecule has 2 aliphatic rings. The van der Waals surface area contributed by atoms with E-state index < -0.39 is 0 Å². The number of benzene rings is 1. The van der Waals surface area contributed by atoms with Crippen molar-refractivity contribution in [1.29, 1.82) is 0 Å². The summed E-state index contributed by atoms with van der Waals surface area (Å²) in [5, 5.41) is 13.4. The first-order valence-electron chi connectivity index (χ1n) is 9.63. The van der Waals surface area contributed by atoms with Crippen LogP contribution in [0.15, 0.2) is 34.9 Å². The lowest BCUT2D eigenvalue weighted by Crippen LogP contribution is -2.35. The summed E-state index contributed by atoms with van der Waals surface area (Å²) in [5.74, 6) is 1.85. The van der Waals surface area contributed by atoms with Crippen LogP contribution in [-0.2, 0) is 12.0 Å². The topological polar surface area (TPSA) is 57.6 Å². The van der Waals surface area contributed by atoms with Gasteiger partial charge in [-0.15, -0.1) is 0 Å². The lowest BCUT2D eigenvalue weighted by Gasteiger charge is -2.26. The van der Waals surface area contributed by atoms with Gasteiger partial charge in [-0.2, -0.15) is 0 Å². The fourth-order valence-corrected chi connectivity index (χ4v) is 5.34. The Kier molecular flexibility index (Phi) is 5.83. The maximum Gasteiger partial charge on any atom is 0.134 e. The van der Waals surface area contributed by atoms with Crippen molar-refractivity contribution in [3.05, 3.63) is 51.1 Å². The lowest BCUT2D eigenvalue weighted by atomic mass is 9.81. The van der Waals surface area contributed by atoms with Crippen LogP contribution >= 0.6 is 27.5 Å². The van der Waals surface area contributed by atoms with E-state index in [2.05, 4.69) is 38.3 Å². The van der Waals surface area contributed by atoms with Gasteiger partial charge < -0.3 is 20.1 Å². The van der Waals surface area contributed by atoms with Crippen LogP contribution in [0, 0.1) is 0 Å². The number of aromatic nitrogens is 1. The second-order valence-corrected chi connectivity index (χ2v) is 8.95. The molecule has 4 rings (SSSR count). The standard InChI is InChI=1S/C21H25BrClN3O2/c1-28-16-4-2-14(3-5-16)12-26-13-21(7-6-15(10-21)24-8-9-27)18-19(23)17(22)11-25-20(18)26/h2-5,11,15,24,27H,6-10,12-13H2,1H3/t15-,21-/m0/s1. The number of pyridine rings is 1. The van der Waals surface area contributed by atoms with E-state index in [1.54, 1.807) is 13.3 Å². The molecular weight excluding hydrogens is 442 g/mol. The molecule has 2 heterocycles. The molecule has 2 atom stereocenters. The molecule has 0 bridgehead atoms. The number of ether oxygens (including phenoxy) is 1. The predicted octanol–water partition coefficient (Wildman–Crippen LogP) is 3.90. The summed E-state index contributed by atoms with van der Waals surface area (Å²) in [4.78, 5) is 7.10. The van der Waals surface area contributed by atoms with Crippen molar-refractivity contribution in [2.45, 2.75) is 37.3 Å². The van der Waals surface area contributed by atoms with Crippen LogP contribution in [0.3, 0.4) is 0 Å². The Morgan fingerprint density at radius 1 is 1.39 bits per heavy atom. The van der Waals surface area contributed by atoms with Gasteiger partial charge in [-0.25, -0.2) is 4.98 Å². The minimum Gasteiger partial charge on any atom is -0.497 e. The number of fused-ring (bicyclic) bond motifs is 2. The van der Waals surface area contributed by atoms with Gasteiger partial charge in [0.2, 0.25) is 0 Å². The Bertz CT molecular complexity index is 848. The van der Waals surface area contributed by atoms with E-state index in [9.17, 15) is 0 Å². The van der Waals surface area contributed by atoms with E-state index >= 15 is 0 Å². The van der Waals surface area contributed by atoms with Gasteiger partial charge >= 0.3 is 0 Å². The van der Waals surface area contributed by atoms with Crippen molar-refractivity contribution in [2.24, 2.45) is 0 Å². The van der Waals surface area contributed by atoms with E-state index in [4.69, 9.17) is 26.4 Å². The molecule has 1 aliphatic carbocycles. The number of methoxy groups -OCH3 is 1. The Hall–Kier alpha value is -1.34. The first kappa shape index (κ1) is 20.0. The lowest BCUT2D eigenvalue weighted by molar-refractivity contribution is 0.282. The Balaban J connectivity index is 1.63. The van der Waals surface area contributed by atoms with Gasteiger partial charge in [0, 0.05) is 42.9 Å². The largest absolute Gasteiger partial charge is 0.497 e. The zero-order valence-electron chi connectivity index (χ0n) is 15.9. The molecule has 0 unspecified atom stereocenters. The monoisotopic (exact) mass is 465 g/mol. The molecule has 7 heteroatoms. The highest BCUT2D eigenvalue weighted by Gasteiger charge is 2.49. The molecule has 1 spiro atoms. The Morgan fingerprint density at radius 3 is 2.89 bits per heavy atom. The van der Waals surface area contributed by atoms with Crippen molar-refractivity contribution >= 4 is 33.3 Å². The minimum atomic E-state index is 0.00277. The Labute approximate surface area is 179 Å². The van der Waals surface area contributed by atoms with Gasteiger partial charge in [-0.05, 0) is 52.9 Å². The minimum absolute atomic E-state index is 0.00277. The van der Waals surface area contributed by atoms with Gasteiger partial charge in [0.05, 0.1) is 23.2 Å². The third-order valence-electron chi connectivity index (χ3n) is 5.96. The molecule has 1 saturated carbocycles. The highest BCUT2D eigenvalue weighted by Crippen LogP contribution is 2.53. The quantitative estimate of drug-likeness (QED) is 0.676. The van der Waals surface area contributed by atoms with E-state index in [1.165, 1.54) is 11.1 Å². The van der Waals surface area contributed by atoms with Crippen molar-refractivity contribution in [2.75, 3.05) is 31.7 Å². The van der Waals surface area contributed by atoms with Crippen molar-refractivity contribution in [3.63, 3.8) is 0 Å². The van der Waals surface area contributed by atoms with E-state index in [1.807, 2.05) is 12.1 Å². The van der Waals surface area contributed by atoms with Crippen molar-refractivity contribution in [3.8, 4) is 5.75 Å². The van der Waals surface area contributed by atoms with Gasteiger partial charge in [0.25, 0.3) is 0 Å². The van der Waals surface area contributed by atoms with Gasteiger partial charge in [-0.3, -0.25) is 0 Å². The first-order valence-corrected chi connectivity index (χ1v) is 10.8. The maximum absolute atomic E-state index is 9.15. The second-order valence-electron chi connectivity index (χ2n) is 7.72. The van der Waals surface area contributed by atoms with E-state index in [0.717, 1.165) is 53.4 Å². The zero-order chi connectivity index (χ0) is 19.7. The van der Waals surface area contributed by atoms with Crippen molar-refractivity contribution < 1.29 is 9.84 Å². The second kappa shape index (κ2) is 8.19. The number of aliphatic hydroxyl groups excluding tert-OH is 1. The number of rotatable bonds is 6. The molecule has 28 heavy (non-hydrogen) atoms. The first-order chi connectivity index (χ1) is 13.6. The number of nitrogens with one attached hydrogen (secondary N) is 1. The molecule has 5 nitrogen and oxygen atoms in total. The van der Waals surface area contributed by atoms with Crippen LogP contribution in [-0.4, -0.2) is 42.9 Å². The average Bonchev–Trinajstić information content (AvgIpc) is 3.25. The molecule has 2 aromatic rings. The number of hydrogen-bond acceptors (Lipinski definition) is 5. The van der Waals surface area contributed by atoms with Crippen molar-refractivity contribution in [1.82, 2.24) is 10.3 Å². The highest BCUT2D eigenvalue weighted by atomic mass is 79.9. The van der Waals surface area contributed by atoms with Crippen LogP contribution < -0.4 is 15.0 Å². The molecule has 1 aromatic carbocycles. The SMILES string of the molecule is COc1ccc(CN2C[C@@]3(CC[C@H](NCCO)C3)c3c2ncc(Br)c3Cl)cc1.